The minimum absolute atomic E-state index is 0.175. The molecule has 1 aromatic rings. The van der Waals surface area contributed by atoms with Crippen molar-refractivity contribution in [3.63, 3.8) is 0 Å². The monoisotopic (exact) mass is 318 g/mol. The third-order valence-corrected chi connectivity index (χ3v) is 4.76. The van der Waals surface area contributed by atoms with Crippen LogP contribution < -0.4 is 5.32 Å². The normalized spacial score (nSPS) is 24.3. The van der Waals surface area contributed by atoms with Gasteiger partial charge < -0.3 is 10.1 Å². The van der Waals surface area contributed by atoms with Gasteiger partial charge in [0.1, 0.15) is 5.69 Å². The molecule has 1 N–H and O–H groups in total. The Morgan fingerprint density at radius 2 is 2.04 bits per heavy atom. The summed E-state index contributed by atoms with van der Waals surface area (Å²) in [6.07, 6.45) is 4.76. The average Bonchev–Trinajstić information content (AvgIpc) is 2.54. The van der Waals surface area contributed by atoms with E-state index < -0.39 is 5.97 Å². The lowest BCUT2D eigenvalue weighted by Gasteiger charge is -2.37. The highest BCUT2D eigenvalue weighted by Crippen LogP contribution is 2.33. The van der Waals surface area contributed by atoms with Gasteiger partial charge in [0.25, 0.3) is 5.91 Å². The minimum Gasteiger partial charge on any atom is -0.465 e. The molecule has 126 valence electrons. The summed E-state index contributed by atoms with van der Waals surface area (Å²) in [5.74, 6) is 1.05. The maximum Gasteiger partial charge on any atom is 0.339 e. The lowest BCUT2D eigenvalue weighted by atomic mass is 9.74. The molecule has 0 aliphatic heterocycles. The van der Waals surface area contributed by atoms with Gasteiger partial charge in [0.2, 0.25) is 0 Å². The van der Waals surface area contributed by atoms with Gasteiger partial charge in [-0.2, -0.15) is 0 Å². The molecule has 3 atom stereocenters. The number of rotatable bonds is 4. The fraction of sp³-hybridized carbons (Fsp3) is 0.611. The molecule has 3 unspecified atom stereocenters. The number of nitrogens with zero attached hydrogens (tertiary/aromatic N) is 1. The standard InChI is InChI=1S/C18H26N2O3/c1-11(2)14-7-5-12(3)9-16(14)20-17(21)15-8-6-13(10-19-15)18(22)23-4/h6,8,10-12,14,16H,5,7,9H2,1-4H3,(H,20,21). The fourth-order valence-electron chi connectivity index (χ4n) is 3.38. The van der Waals surface area contributed by atoms with Crippen molar-refractivity contribution < 1.29 is 14.3 Å². The van der Waals surface area contributed by atoms with Crippen molar-refractivity contribution in [1.29, 1.82) is 0 Å². The van der Waals surface area contributed by atoms with Crippen LogP contribution in [0.4, 0.5) is 0 Å². The molecule has 0 radical (unpaired) electrons. The molecule has 0 spiro atoms. The number of carbonyl (C=O) groups excluding carboxylic acids is 2. The Morgan fingerprint density at radius 1 is 1.30 bits per heavy atom. The molecule has 1 saturated carbocycles. The Labute approximate surface area is 137 Å². The van der Waals surface area contributed by atoms with E-state index >= 15 is 0 Å². The number of hydrogen-bond donors (Lipinski definition) is 1. The molecular weight excluding hydrogens is 292 g/mol. The predicted molar refractivity (Wildman–Crippen MR) is 88.2 cm³/mol. The van der Waals surface area contributed by atoms with Crippen LogP contribution >= 0.6 is 0 Å². The summed E-state index contributed by atoms with van der Waals surface area (Å²) in [4.78, 5) is 27.9. The van der Waals surface area contributed by atoms with Gasteiger partial charge in [-0.25, -0.2) is 4.79 Å². The number of carbonyl (C=O) groups is 2. The lowest BCUT2D eigenvalue weighted by molar-refractivity contribution is 0.0599. The van der Waals surface area contributed by atoms with Crippen LogP contribution in [-0.4, -0.2) is 30.0 Å². The molecule has 1 aliphatic rings. The first-order valence-corrected chi connectivity index (χ1v) is 8.27. The van der Waals surface area contributed by atoms with E-state index in [0.717, 1.165) is 12.8 Å². The van der Waals surface area contributed by atoms with E-state index in [1.54, 1.807) is 12.1 Å². The van der Waals surface area contributed by atoms with Crippen LogP contribution in [0, 0.1) is 17.8 Å². The van der Waals surface area contributed by atoms with Gasteiger partial charge in [-0.1, -0.05) is 27.2 Å². The van der Waals surface area contributed by atoms with Crippen LogP contribution in [0.1, 0.15) is 60.9 Å². The first-order chi connectivity index (χ1) is 10.9. The van der Waals surface area contributed by atoms with Crippen molar-refractivity contribution in [2.24, 2.45) is 17.8 Å². The van der Waals surface area contributed by atoms with Crippen LogP contribution in [0.5, 0.6) is 0 Å². The first-order valence-electron chi connectivity index (χ1n) is 8.27. The fourth-order valence-corrected chi connectivity index (χ4v) is 3.38. The van der Waals surface area contributed by atoms with Crippen molar-refractivity contribution in [2.45, 2.75) is 46.1 Å². The van der Waals surface area contributed by atoms with E-state index in [0.29, 0.717) is 29.0 Å². The zero-order valence-corrected chi connectivity index (χ0v) is 14.3. The molecule has 0 saturated heterocycles. The number of pyridine rings is 1. The highest BCUT2D eigenvalue weighted by atomic mass is 16.5. The van der Waals surface area contributed by atoms with E-state index in [9.17, 15) is 9.59 Å². The summed E-state index contributed by atoms with van der Waals surface area (Å²) in [5, 5.41) is 3.14. The van der Waals surface area contributed by atoms with Gasteiger partial charge >= 0.3 is 5.97 Å². The Hall–Kier alpha value is -1.91. The average molecular weight is 318 g/mol. The molecule has 2 rings (SSSR count). The van der Waals surface area contributed by atoms with Crippen molar-refractivity contribution in [3.05, 3.63) is 29.6 Å². The third-order valence-electron chi connectivity index (χ3n) is 4.76. The van der Waals surface area contributed by atoms with E-state index in [1.807, 2.05) is 0 Å². The third kappa shape index (κ3) is 4.30. The Morgan fingerprint density at radius 3 is 2.61 bits per heavy atom. The Kier molecular flexibility index (Phi) is 5.74. The highest BCUT2D eigenvalue weighted by Gasteiger charge is 2.32. The van der Waals surface area contributed by atoms with Crippen molar-refractivity contribution in [2.75, 3.05) is 7.11 Å². The zero-order valence-electron chi connectivity index (χ0n) is 14.3. The molecule has 23 heavy (non-hydrogen) atoms. The van der Waals surface area contributed by atoms with Crippen LogP contribution in [0.3, 0.4) is 0 Å². The number of ether oxygens (including phenoxy) is 1. The molecule has 0 bridgehead atoms. The summed E-state index contributed by atoms with van der Waals surface area (Å²) in [7, 11) is 1.32. The molecule has 5 heteroatoms. The Balaban J connectivity index is 2.06. The zero-order chi connectivity index (χ0) is 17.0. The van der Waals surface area contributed by atoms with Crippen LogP contribution in [0.2, 0.25) is 0 Å². The summed E-state index contributed by atoms with van der Waals surface area (Å²) in [6.45, 7) is 6.66. The van der Waals surface area contributed by atoms with Gasteiger partial charge in [-0.15, -0.1) is 0 Å². The van der Waals surface area contributed by atoms with E-state index in [-0.39, 0.29) is 11.9 Å². The van der Waals surface area contributed by atoms with Gasteiger partial charge in [0, 0.05) is 12.2 Å². The van der Waals surface area contributed by atoms with Gasteiger partial charge in [0.05, 0.1) is 12.7 Å². The molecule has 1 fully saturated rings. The molecule has 0 aromatic carbocycles. The highest BCUT2D eigenvalue weighted by molar-refractivity contribution is 5.94. The van der Waals surface area contributed by atoms with Gasteiger partial charge in [-0.05, 0) is 42.7 Å². The summed E-state index contributed by atoms with van der Waals surface area (Å²) in [5.41, 5.74) is 0.675. The predicted octanol–water partition coefficient (Wildman–Crippen LogP) is 3.06. The van der Waals surface area contributed by atoms with E-state index in [2.05, 4.69) is 35.8 Å². The molecule has 1 heterocycles. The van der Waals surface area contributed by atoms with Crippen molar-refractivity contribution in [1.82, 2.24) is 10.3 Å². The topological polar surface area (TPSA) is 68.3 Å². The van der Waals surface area contributed by atoms with Crippen molar-refractivity contribution >= 4 is 11.9 Å². The smallest absolute Gasteiger partial charge is 0.339 e. The molecular formula is C18H26N2O3. The number of esters is 1. The quantitative estimate of drug-likeness (QED) is 0.866. The minimum atomic E-state index is -0.453. The second kappa shape index (κ2) is 7.57. The second-order valence-electron chi connectivity index (χ2n) is 6.83. The maximum absolute atomic E-state index is 12.4. The summed E-state index contributed by atoms with van der Waals surface area (Å²) < 4.78 is 4.63. The summed E-state index contributed by atoms with van der Waals surface area (Å²) in [6, 6.07) is 3.32. The maximum atomic E-state index is 12.4. The van der Waals surface area contributed by atoms with Crippen LogP contribution in [0.25, 0.3) is 0 Å². The first kappa shape index (κ1) is 17.4. The van der Waals surface area contributed by atoms with Crippen LogP contribution in [-0.2, 0) is 4.74 Å². The van der Waals surface area contributed by atoms with Crippen LogP contribution in [0.15, 0.2) is 18.3 Å². The molecule has 5 nitrogen and oxygen atoms in total. The number of methoxy groups -OCH3 is 1. The SMILES string of the molecule is COC(=O)c1ccc(C(=O)NC2CC(C)CCC2C(C)C)nc1. The summed E-state index contributed by atoms with van der Waals surface area (Å²) >= 11 is 0. The largest absolute Gasteiger partial charge is 0.465 e. The lowest BCUT2D eigenvalue weighted by Crippen LogP contribution is -2.45. The van der Waals surface area contributed by atoms with E-state index in [4.69, 9.17) is 0 Å². The number of nitrogens with one attached hydrogen (secondary N) is 1. The number of amides is 1. The van der Waals surface area contributed by atoms with E-state index in [1.165, 1.54) is 19.7 Å². The molecule has 1 aromatic heterocycles. The van der Waals surface area contributed by atoms with Gasteiger partial charge in [0.15, 0.2) is 0 Å². The van der Waals surface area contributed by atoms with Gasteiger partial charge in [-0.3, -0.25) is 9.78 Å². The number of hydrogen-bond acceptors (Lipinski definition) is 4. The number of aromatic nitrogens is 1. The molecule has 1 aliphatic carbocycles. The van der Waals surface area contributed by atoms with Crippen molar-refractivity contribution in [3.8, 4) is 0 Å². The second-order valence-corrected chi connectivity index (χ2v) is 6.83. The Bertz CT molecular complexity index is 554. The molecule has 1 amide bonds.